The second-order valence-corrected chi connectivity index (χ2v) is 40.1. The van der Waals surface area contributed by atoms with E-state index >= 15 is 28.8 Å². The van der Waals surface area contributed by atoms with Crippen LogP contribution in [0.5, 0.6) is 69.0 Å². The van der Waals surface area contributed by atoms with Crippen molar-refractivity contribution in [2.45, 2.75) is 58.9 Å². The van der Waals surface area contributed by atoms with Crippen molar-refractivity contribution in [3.63, 3.8) is 0 Å². The van der Waals surface area contributed by atoms with Crippen molar-refractivity contribution in [2.24, 2.45) is 11.8 Å². The molecule has 11 aromatic carbocycles. The van der Waals surface area contributed by atoms with Gasteiger partial charge in [-0.15, -0.1) is 0 Å². The van der Waals surface area contributed by atoms with E-state index in [2.05, 4.69) is 10.6 Å². The Morgan fingerprint density at radius 2 is 0.556 bits per heavy atom. The summed E-state index contributed by atoms with van der Waals surface area (Å²) >= 11 is 0. The van der Waals surface area contributed by atoms with Crippen molar-refractivity contribution in [3.05, 3.63) is 215 Å². The third-order valence-corrected chi connectivity index (χ3v) is 31.1. The molecule has 0 saturated carbocycles. The lowest BCUT2D eigenvalue weighted by atomic mass is 9.80. The fraction of sp³-hybridized carbons (Fsp3) is 0.326. The van der Waals surface area contributed by atoms with Crippen LogP contribution < -0.4 is 48.5 Å². The average molecular weight is 1810 g/mol. The van der Waals surface area contributed by atoms with E-state index in [1.54, 1.807) is 125 Å². The summed E-state index contributed by atoms with van der Waals surface area (Å²) in [7, 11) is 7.58. The van der Waals surface area contributed by atoms with Crippen LogP contribution in [-0.2, 0) is 73.6 Å². The van der Waals surface area contributed by atoms with E-state index in [1.807, 2.05) is 60.7 Å². The van der Waals surface area contributed by atoms with Crippen LogP contribution in [0.15, 0.2) is 182 Å². The first-order valence-corrected chi connectivity index (χ1v) is 47.0. The molecule has 670 valence electrons. The van der Waals surface area contributed by atoms with Gasteiger partial charge in [0, 0.05) is 77.5 Å². The molecular weight excluding hydrogens is 1700 g/mol. The summed E-state index contributed by atoms with van der Waals surface area (Å²) in [6.07, 6.45) is 0. The van der Waals surface area contributed by atoms with E-state index < -0.39 is 101 Å². The lowest BCUT2D eigenvalue weighted by Gasteiger charge is -2.37. The van der Waals surface area contributed by atoms with Gasteiger partial charge < -0.3 is 61.8 Å². The van der Waals surface area contributed by atoms with Crippen LogP contribution >= 0.6 is 32.6 Å². The molecule has 2 aliphatic heterocycles. The number of ether oxygens (including phenoxy) is 8. The molecule has 0 fully saturated rings. The van der Waals surface area contributed by atoms with Gasteiger partial charge in [0.05, 0.1) is 149 Å². The zero-order valence-electron chi connectivity index (χ0n) is 72.9. The highest BCUT2D eigenvalue weighted by atomic mass is 32.3. The van der Waals surface area contributed by atoms with Crippen LogP contribution in [0, 0.1) is 11.8 Å². The molecule has 2 unspecified atom stereocenters. The maximum absolute atomic E-state index is 16.6. The molecule has 0 radical (unpaired) electrons. The summed E-state index contributed by atoms with van der Waals surface area (Å²) in [4.78, 5) is 98.8. The molecule has 0 spiro atoms. The molecule has 30 nitrogen and oxygen atoms in total. The summed E-state index contributed by atoms with van der Waals surface area (Å²) in [5.41, 5.74) is 1.17. The molecule has 0 saturated heterocycles. The second kappa shape index (κ2) is 40.8. The molecule has 0 aromatic heterocycles. The van der Waals surface area contributed by atoms with E-state index in [0.29, 0.717) is 29.0 Å². The minimum atomic E-state index is -3.10. The van der Waals surface area contributed by atoms with Crippen molar-refractivity contribution in [1.82, 2.24) is 20.4 Å². The summed E-state index contributed by atoms with van der Waals surface area (Å²) in [5.74, 6) is -3.15. The predicted molar refractivity (Wildman–Crippen MR) is 483 cm³/mol. The van der Waals surface area contributed by atoms with Crippen molar-refractivity contribution in [3.8, 4) is 69.0 Å². The molecule has 2 aliphatic rings. The number of carbonyl (C=O) groups excluding carboxylic acids is 6. The molecule has 2 N–H and O–H groups in total. The lowest BCUT2D eigenvalue weighted by molar-refractivity contribution is -0.127. The zero-order chi connectivity index (χ0) is 89.8. The van der Waals surface area contributed by atoms with Gasteiger partial charge in [0.25, 0.3) is 23.6 Å². The Morgan fingerprint density at radius 3 is 0.786 bits per heavy atom. The fourth-order valence-corrected chi connectivity index (χ4v) is 20.6. The molecule has 0 bridgehead atoms. The Hall–Kier alpha value is -10.9. The third kappa shape index (κ3) is 19.3. The van der Waals surface area contributed by atoms with Crippen molar-refractivity contribution in [2.75, 3.05) is 129 Å². The average Bonchev–Trinajstić information content (AvgIpc) is 0.669. The van der Waals surface area contributed by atoms with Crippen molar-refractivity contribution >= 4 is 120 Å². The number of hydrogen-bond acceptors (Lipinski definition) is 26. The van der Waals surface area contributed by atoms with Crippen LogP contribution in [0.4, 0.5) is 0 Å². The fourth-order valence-electron chi connectivity index (χ4n) is 15.5. The summed E-state index contributed by atoms with van der Waals surface area (Å²) in [6, 6.07) is 48.7. The Morgan fingerprint density at radius 1 is 0.317 bits per heavy atom. The first kappa shape index (κ1) is 92.8. The number of carbonyl (C=O) groups is 6. The minimum absolute atomic E-state index is 0.0450. The standard InChI is InChI=1S/C92H104N4O26S3Si/c1-57(2)85(87(97)93-55-59-23-19-17-20-24-59)95-89(99)69-51-73(119-65-35-27-61(28-36-65)115-43-47-123(103-5,104-6)105-7)79-80-74(120-66-37-29-62(30-38-66)116-44-48-124(106-8,107-9)108-10)52-71-78-72(92(102)96(91(71)101)86(58(3)4)88(98)94-56-60-25-21-18-22-26-60)54-76(122-68-41-33-64(34-42-68)118-46-50-126(112-14,113-15)114-16)82(84(78)80)81-75(53-70(90(95)100)77(69)83(79)81)121-67-39-31-63(32-40-67)117-45-49-125(109-11,110-12)111-13/h17-42,51-54,57-58,85-86H,43-50,55-56H2,1-16H3,(H,93,97)(H,94,98). The van der Waals surface area contributed by atoms with Gasteiger partial charge in [-0.25, -0.2) is 0 Å². The number of fused-ring (bicyclic) bond motifs is 2. The molecule has 34 heteroatoms. The lowest BCUT2D eigenvalue weighted by Crippen LogP contribution is -2.56. The van der Waals surface area contributed by atoms with Gasteiger partial charge in [0.15, 0.2) is 0 Å². The van der Waals surface area contributed by atoms with Gasteiger partial charge in [-0.2, -0.15) is 0 Å². The zero-order valence-corrected chi connectivity index (χ0v) is 76.4. The highest BCUT2D eigenvalue weighted by molar-refractivity contribution is 8.22. The quantitative estimate of drug-likeness (QED) is 0.0155. The molecule has 2 atom stereocenters. The van der Waals surface area contributed by atoms with Crippen molar-refractivity contribution < 1.29 is 118 Å². The largest absolute Gasteiger partial charge is 0.503 e. The van der Waals surface area contributed by atoms with Gasteiger partial charge in [-0.1, -0.05) is 88.4 Å². The Balaban J connectivity index is 1.12. The topological polar surface area (TPSA) is 318 Å². The normalized spacial score (nSPS) is 14.0. The van der Waals surface area contributed by atoms with E-state index in [1.165, 1.54) is 110 Å². The van der Waals surface area contributed by atoms with E-state index in [-0.39, 0.29) is 168 Å². The summed E-state index contributed by atoms with van der Waals surface area (Å²) in [5, 5.41) is 7.09. The van der Waals surface area contributed by atoms with Gasteiger partial charge >= 0.3 is 8.80 Å². The molecule has 13 rings (SSSR count). The Kier molecular flexibility index (Phi) is 30.1. The first-order valence-electron chi connectivity index (χ1n) is 40.4. The van der Waals surface area contributed by atoms with Crippen LogP contribution in [0.3, 0.4) is 0 Å². The predicted octanol–water partition coefficient (Wildman–Crippen LogP) is 17.6. The summed E-state index contributed by atoms with van der Waals surface area (Å²) < 4.78 is 122. The monoisotopic (exact) mass is 1800 g/mol. The van der Waals surface area contributed by atoms with Crippen LogP contribution in [0.2, 0.25) is 6.04 Å². The van der Waals surface area contributed by atoms with E-state index in [0.717, 1.165) is 20.9 Å². The van der Waals surface area contributed by atoms with Crippen LogP contribution in [0.1, 0.15) is 80.3 Å². The summed E-state index contributed by atoms with van der Waals surface area (Å²) in [6.45, 7) is 7.55. The minimum Gasteiger partial charge on any atom is -0.494 e. The number of imide groups is 2. The number of rotatable bonds is 46. The molecule has 6 amide bonds. The third-order valence-electron chi connectivity index (χ3n) is 21.8. The second-order valence-electron chi connectivity index (χ2n) is 29.5. The molecular formula is C92H104N4O26S3Si. The van der Waals surface area contributed by atoms with Gasteiger partial charge in [0.1, 0.15) is 101 Å². The maximum atomic E-state index is 16.6. The number of amides is 6. The highest BCUT2D eigenvalue weighted by Crippen LogP contribution is 2.59. The smallest absolute Gasteiger partial charge is 0.494 e. The van der Waals surface area contributed by atoms with Crippen LogP contribution in [0.25, 0.3) is 43.1 Å². The highest BCUT2D eigenvalue weighted by Gasteiger charge is 2.48. The Labute approximate surface area is 737 Å². The number of hydrogen-bond donors (Lipinski definition) is 2. The van der Waals surface area contributed by atoms with Crippen molar-refractivity contribution in [1.29, 1.82) is 0 Å². The Bertz CT molecular complexity index is 5040. The maximum Gasteiger partial charge on any atom is 0.503 e. The molecule has 2 heterocycles. The first-order chi connectivity index (χ1) is 60.9. The van der Waals surface area contributed by atoms with Gasteiger partial charge in [-0.05, 0) is 144 Å². The SMILES string of the molecule is CO[Si](CCOc1ccc(Oc2cc3c4c(cc(Oc5ccc(OCCS(OC)(OC)OC)cc5)c5c6c(Oc7ccc(OCCS(OC)(OC)OC)cc7)cc7c8c(cc(Oc9ccc(OCCS(OC)(OC)OC)cc9)c(c2c45)c86)C(=O)N(C(C(=O)NCc2ccccc2)C(C)C)C7=O)C(=O)N(C(C(=O)NCc2ccccc2)C(C)C)C3=O)cc1)(OC)OC. The van der Waals surface area contributed by atoms with Gasteiger partial charge in [0.2, 0.25) is 11.8 Å². The number of nitrogens with one attached hydrogen (secondary N) is 2. The van der Waals surface area contributed by atoms with Crippen LogP contribution in [-0.4, -0.2) is 195 Å². The van der Waals surface area contributed by atoms with E-state index in [4.69, 9.17) is 88.8 Å². The number of nitrogens with zero attached hydrogens (tertiary/aromatic N) is 2. The molecule has 126 heavy (non-hydrogen) atoms. The molecule has 0 aliphatic carbocycles. The molecule has 11 aromatic rings. The van der Waals surface area contributed by atoms with E-state index in [9.17, 15) is 0 Å². The number of benzene rings is 11. The van der Waals surface area contributed by atoms with Gasteiger partial charge in [-0.3, -0.25) is 76.2 Å².